The van der Waals surface area contributed by atoms with Crippen molar-refractivity contribution >= 4 is 11.5 Å². The third-order valence-corrected chi connectivity index (χ3v) is 5.44. The normalized spacial score (nSPS) is 15.2. The summed E-state index contributed by atoms with van der Waals surface area (Å²) in [6.45, 7) is 9.94. The fourth-order valence-electron chi connectivity index (χ4n) is 3.95. The highest BCUT2D eigenvalue weighted by Crippen LogP contribution is 2.22. The first kappa shape index (κ1) is 18.5. The molecule has 0 N–H and O–H groups in total. The van der Waals surface area contributed by atoms with Crippen LogP contribution in [0.3, 0.4) is 0 Å². The Morgan fingerprint density at radius 3 is 2.39 bits per heavy atom. The minimum absolute atomic E-state index is 0.160. The molecule has 6 heteroatoms. The number of hydrogen-bond donors (Lipinski definition) is 0. The lowest BCUT2D eigenvalue weighted by Gasteiger charge is -2.35. The van der Waals surface area contributed by atoms with E-state index in [2.05, 4.69) is 39.2 Å². The lowest BCUT2D eigenvalue weighted by Crippen LogP contribution is -2.48. The van der Waals surface area contributed by atoms with Gasteiger partial charge in [-0.05, 0) is 39.0 Å². The number of benzene rings is 1. The Morgan fingerprint density at radius 2 is 1.75 bits per heavy atom. The van der Waals surface area contributed by atoms with Crippen LogP contribution in [0.4, 0.5) is 5.69 Å². The number of carbonyl (C=O) groups excluding carboxylic acids is 1. The number of anilines is 1. The zero-order chi connectivity index (χ0) is 19.7. The first-order valence-corrected chi connectivity index (χ1v) is 9.71. The smallest absolute Gasteiger partial charge is 0.180 e. The van der Waals surface area contributed by atoms with E-state index in [-0.39, 0.29) is 5.78 Å². The van der Waals surface area contributed by atoms with E-state index in [1.54, 1.807) is 0 Å². The van der Waals surface area contributed by atoms with E-state index in [1.807, 2.05) is 43.5 Å². The maximum absolute atomic E-state index is 13.0. The molecule has 0 atom stereocenters. The SMILES string of the molecule is Cc1cc(-n2c(C)cc(C(=O)CN3CCN(c4ccccc4)CC3)c2C)no1. The fraction of sp³-hybridized carbons (Fsp3) is 0.364. The van der Waals surface area contributed by atoms with E-state index in [4.69, 9.17) is 4.52 Å². The van der Waals surface area contributed by atoms with Crippen molar-refractivity contribution in [2.75, 3.05) is 37.6 Å². The fourth-order valence-corrected chi connectivity index (χ4v) is 3.95. The number of rotatable bonds is 5. The molecule has 1 aromatic carbocycles. The maximum atomic E-state index is 13.0. The van der Waals surface area contributed by atoms with Crippen LogP contribution in [0.25, 0.3) is 5.82 Å². The molecule has 0 radical (unpaired) electrons. The Morgan fingerprint density at radius 1 is 1.04 bits per heavy atom. The van der Waals surface area contributed by atoms with Crippen LogP contribution >= 0.6 is 0 Å². The van der Waals surface area contributed by atoms with Gasteiger partial charge in [-0.1, -0.05) is 23.4 Å². The molecular formula is C22H26N4O2. The Hall–Kier alpha value is -2.86. The monoisotopic (exact) mass is 378 g/mol. The van der Waals surface area contributed by atoms with Crippen LogP contribution in [-0.4, -0.2) is 53.1 Å². The molecule has 146 valence electrons. The van der Waals surface area contributed by atoms with Crippen molar-refractivity contribution in [3.05, 3.63) is 65.2 Å². The lowest BCUT2D eigenvalue weighted by atomic mass is 10.1. The zero-order valence-electron chi connectivity index (χ0n) is 16.7. The average Bonchev–Trinajstić information content (AvgIpc) is 3.25. The van der Waals surface area contributed by atoms with Crippen molar-refractivity contribution in [3.63, 3.8) is 0 Å². The van der Waals surface area contributed by atoms with Crippen LogP contribution in [0, 0.1) is 20.8 Å². The number of ketones is 1. The van der Waals surface area contributed by atoms with Crippen molar-refractivity contribution in [3.8, 4) is 5.82 Å². The second-order valence-corrected chi connectivity index (χ2v) is 7.44. The van der Waals surface area contributed by atoms with Gasteiger partial charge in [0.2, 0.25) is 0 Å². The molecule has 0 bridgehead atoms. The molecule has 1 aliphatic heterocycles. The number of para-hydroxylation sites is 1. The maximum Gasteiger partial charge on any atom is 0.180 e. The molecule has 1 aliphatic rings. The van der Waals surface area contributed by atoms with E-state index in [0.29, 0.717) is 6.54 Å². The molecule has 28 heavy (non-hydrogen) atoms. The van der Waals surface area contributed by atoms with Gasteiger partial charge < -0.3 is 9.42 Å². The van der Waals surface area contributed by atoms with Gasteiger partial charge in [-0.15, -0.1) is 0 Å². The van der Waals surface area contributed by atoms with Gasteiger partial charge in [0.25, 0.3) is 0 Å². The van der Waals surface area contributed by atoms with Gasteiger partial charge >= 0.3 is 0 Å². The zero-order valence-corrected chi connectivity index (χ0v) is 16.7. The highest BCUT2D eigenvalue weighted by Gasteiger charge is 2.23. The Balaban J connectivity index is 1.42. The van der Waals surface area contributed by atoms with Crippen LogP contribution in [0.1, 0.15) is 27.5 Å². The predicted octanol–water partition coefficient (Wildman–Crippen LogP) is 3.40. The Kier molecular flexibility index (Phi) is 5.05. The van der Waals surface area contributed by atoms with Crippen molar-refractivity contribution < 1.29 is 9.32 Å². The summed E-state index contributed by atoms with van der Waals surface area (Å²) in [5, 5.41) is 4.09. The number of nitrogens with zero attached hydrogens (tertiary/aromatic N) is 4. The summed E-state index contributed by atoms with van der Waals surface area (Å²) in [6, 6.07) is 14.3. The minimum atomic E-state index is 0.160. The van der Waals surface area contributed by atoms with Crippen LogP contribution in [-0.2, 0) is 0 Å². The molecular weight excluding hydrogens is 352 g/mol. The molecule has 3 heterocycles. The summed E-state index contributed by atoms with van der Waals surface area (Å²) in [4.78, 5) is 17.6. The van der Waals surface area contributed by atoms with E-state index >= 15 is 0 Å². The molecule has 0 spiro atoms. The number of piperazine rings is 1. The van der Waals surface area contributed by atoms with E-state index in [1.165, 1.54) is 5.69 Å². The van der Waals surface area contributed by atoms with E-state index in [9.17, 15) is 4.79 Å². The number of carbonyl (C=O) groups is 1. The van der Waals surface area contributed by atoms with Gasteiger partial charge in [-0.25, -0.2) is 0 Å². The van der Waals surface area contributed by atoms with E-state index < -0.39 is 0 Å². The summed E-state index contributed by atoms with van der Waals surface area (Å²) >= 11 is 0. The molecule has 4 rings (SSSR count). The third kappa shape index (κ3) is 3.60. The molecule has 6 nitrogen and oxygen atoms in total. The average molecular weight is 378 g/mol. The van der Waals surface area contributed by atoms with Gasteiger partial charge in [0.05, 0.1) is 6.54 Å². The summed E-state index contributed by atoms with van der Waals surface area (Å²) in [7, 11) is 0. The minimum Gasteiger partial charge on any atom is -0.369 e. The molecule has 0 amide bonds. The molecule has 0 unspecified atom stereocenters. The van der Waals surface area contributed by atoms with Gasteiger partial charge in [-0.3, -0.25) is 14.3 Å². The second kappa shape index (κ2) is 7.64. The van der Waals surface area contributed by atoms with Crippen LogP contribution < -0.4 is 4.90 Å². The van der Waals surface area contributed by atoms with Crippen molar-refractivity contribution in [2.45, 2.75) is 20.8 Å². The summed E-state index contributed by atoms with van der Waals surface area (Å²) in [6.07, 6.45) is 0. The topological polar surface area (TPSA) is 54.5 Å². The molecule has 0 aliphatic carbocycles. The first-order valence-electron chi connectivity index (χ1n) is 9.71. The van der Waals surface area contributed by atoms with Gasteiger partial charge in [-0.2, -0.15) is 0 Å². The standard InChI is InChI=1S/C22H26N4O2/c1-16-13-20(18(3)26(16)22-14-17(2)28-23-22)21(27)15-24-9-11-25(12-10-24)19-7-5-4-6-8-19/h4-8,13-14H,9-12,15H2,1-3H3. The number of aromatic nitrogens is 2. The summed E-state index contributed by atoms with van der Waals surface area (Å²) < 4.78 is 7.18. The second-order valence-electron chi connectivity index (χ2n) is 7.44. The van der Waals surface area contributed by atoms with Crippen molar-refractivity contribution in [1.82, 2.24) is 14.6 Å². The van der Waals surface area contributed by atoms with Gasteiger partial charge in [0.15, 0.2) is 11.6 Å². The molecule has 1 fully saturated rings. The van der Waals surface area contributed by atoms with Crippen LogP contribution in [0.2, 0.25) is 0 Å². The summed E-state index contributed by atoms with van der Waals surface area (Å²) in [5.41, 5.74) is 3.92. The number of aryl methyl sites for hydroxylation is 2. The van der Waals surface area contributed by atoms with Crippen molar-refractivity contribution in [2.24, 2.45) is 0 Å². The quantitative estimate of drug-likeness (QED) is 0.637. The molecule has 1 saturated heterocycles. The van der Waals surface area contributed by atoms with Crippen LogP contribution in [0.5, 0.6) is 0 Å². The third-order valence-electron chi connectivity index (χ3n) is 5.44. The summed E-state index contributed by atoms with van der Waals surface area (Å²) in [5.74, 6) is 1.64. The molecule has 0 saturated carbocycles. The highest BCUT2D eigenvalue weighted by atomic mass is 16.5. The van der Waals surface area contributed by atoms with Crippen molar-refractivity contribution in [1.29, 1.82) is 0 Å². The first-order chi connectivity index (χ1) is 13.5. The van der Waals surface area contributed by atoms with E-state index in [0.717, 1.165) is 54.7 Å². The number of hydrogen-bond acceptors (Lipinski definition) is 5. The van der Waals surface area contributed by atoms with Gasteiger partial charge in [0.1, 0.15) is 5.76 Å². The molecule has 2 aromatic heterocycles. The Bertz CT molecular complexity index is 966. The van der Waals surface area contributed by atoms with Crippen LogP contribution in [0.15, 0.2) is 47.0 Å². The Labute approximate surface area is 165 Å². The van der Waals surface area contributed by atoms with Gasteiger partial charge in [0, 0.05) is 54.9 Å². The lowest BCUT2D eigenvalue weighted by molar-refractivity contribution is 0.0926. The highest BCUT2D eigenvalue weighted by molar-refractivity contribution is 5.99. The predicted molar refractivity (Wildman–Crippen MR) is 109 cm³/mol. The number of Topliss-reactive ketones (excluding diaryl/α,β-unsaturated/α-hetero) is 1. The largest absolute Gasteiger partial charge is 0.369 e. The molecule has 3 aromatic rings.